The van der Waals surface area contributed by atoms with Crippen molar-refractivity contribution in [3.63, 3.8) is 0 Å². The van der Waals surface area contributed by atoms with Crippen LogP contribution in [0.15, 0.2) is 98.4 Å². The monoisotopic (exact) mass is 475 g/mol. The Morgan fingerprint density at radius 1 is 1.03 bits per heavy atom. The molecule has 0 atom stereocenters. The van der Waals surface area contributed by atoms with Crippen LogP contribution in [0, 0.1) is 5.82 Å². The van der Waals surface area contributed by atoms with E-state index in [4.69, 9.17) is 9.73 Å². The molecule has 1 aromatic heterocycles. The fraction of sp³-hybridized carbons (Fsp3) is 0.115. The van der Waals surface area contributed by atoms with E-state index in [-0.39, 0.29) is 17.5 Å². The van der Waals surface area contributed by atoms with Crippen molar-refractivity contribution in [2.45, 2.75) is 23.1 Å². The molecule has 4 rings (SSSR count). The Kier molecular flexibility index (Phi) is 7.08. The lowest BCUT2D eigenvalue weighted by atomic mass is 10.1. The molecule has 4 aromatic rings. The minimum absolute atomic E-state index is 0.136. The van der Waals surface area contributed by atoms with E-state index >= 15 is 0 Å². The van der Waals surface area contributed by atoms with Gasteiger partial charge in [-0.3, -0.25) is 19.7 Å². The van der Waals surface area contributed by atoms with Crippen LogP contribution >= 0.6 is 11.8 Å². The minimum atomic E-state index is -0.499. The molecule has 172 valence electrons. The SMILES string of the molecule is COC(=O)Cc1[nH]n(-c2ccc(F)cc2)c(=O)c1C(C)=Nc1ccccc1Sc1ccccc1. The summed E-state index contributed by atoms with van der Waals surface area (Å²) in [4.78, 5) is 32.1. The molecule has 0 saturated heterocycles. The average molecular weight is 476 g/mol. The summed E-state index contributed by atoms with van der Waals surface area (Å²) >= 11 is 1.57. The van der Waals surface area contributed by atoms with E-state index < -0.39 is 11.8 Å². The Bertz CT molecular complexity index is 1390. The highest BCUT2D eigenvalue weighted by molar-refractivity contribution is 7.99. The zero-order chi connectivity index (χ0) is 24.1. The Morgan fingerprint density at radius 2 is 1.71 bits per heavy atom. The Morgan fingerprint density at radius 3 is 2.41 bits per heavy atom. The summed E-state index contributed by atoms with van der Waals surface area (Å²) in [7, 11) is 1.29. The second-order valence-corrected chi connectivity index (χ2v) is 8.53. The van der Waals surface area contributed by atoms with Crippen molar-refractivity contribution in [2.75, 3.05) is 7.11 Å². The number of methoxy groups -OCH3 is 1. The first kappa shape index (κ1) is 23.3. The molecule has 0 unspecified atom stereocenters. The van der Waals surface area contributed by atoms with Crippen LogP contribution in [0.3, 0.4) is 0 Å². The molecular formula is C26H22FN3O3S. The topological polar surface area (TPSA) is 76.5 Å². The molecule has 3 aromatic carbocycles. The summed E-state index contributed by atoms with van der Waals surface area (Å²) in [5.74, 6) is -0.912. The van der Waals surface area contributed by atoms with E-state index in [2.05, 4.69) is 5.10 Å². The smallest absolute Gasteiger partial charge is 0.311 e. The molecule has 0 bridgehead atoms. The number of nitrogens with one attached hydrogen (secondary N) is 1. The number of esters is 1. The molecule has 0 aliphatic heterocycles. The Balaban J connectivity index is 1.78. The van der Waals surface area contributed by atoms with Crippen LogP contribution in [0.25, 0.3) is 5.69 Å². The van der Waals surface area contributed by atoms with E-state index in [9.17, 15) is 14.0 Å². The van der Waals surface area contributed by atoms with Crippen LogP contribution in [-0.2, 0) is 16.0 Å². The van der Waals surface area contributed by atoms with Gasteiger partial charge in [0.15, 0.2) is 0 Å². The number of nitrogens with zero attached hydrogens (tertiary/aromatic N) is 2. The number of aromatic amines is 1. The molecule has 0 amide bonds. The second-order valence-electron chi connectivity index (χ2n) is 7.42. The predicted octanol–water partition coefficient (Wildman–Crippen LogP) is 5.31. The van der Waals surface area contributed by atoms with Crippen molar-refractivity contribution >= 4 is 29.1 Å². The van der Waals surface area contributed by atoms with E-state index in [0.29, 0.717) is 22.8 Å². The van der Waals surface area contributed by atoms with Crippen molar-refractivity contribution in [2.24, 2.45) is 4.99 Å². The largest absolute Gasteiger partial charge is 0.469 e. The van der Waals surface area contributed by atoms with Crippen LogP contribution in [0.2, 0.25) is 0 Å². The number of benzene rings is 3. The van der Waals surface area contributed by atoms with Gasteiger partial charge >= 0.3 is 5.97 Å². The summed E-state index contributed by atoms with van der Waals surface area (Å²) in [5.41, 5.74) is 1.84. The molecule has 8 heteroatoms. The van der Waals surface area contributed by atoms with Crippen LogP contribution in [-0.4, -0.2) is 28.6 Å². The number of para-hydroxylation sites is 1. The number of aromatic nitrogens is 2. The normalized spacial score (nSPS) is 11.4. The second kappa shape index (κ2) is 10.4. The molecule has 6 nitrogen and oxygen atoms in total. The predicted molar refractivity (Wildman–Crippen MR) is 131 cm³/mol. The van der Waals surface area contributed by atoms with Gasteiger partial charge in [0.05, 0.1) is 41.9 Å². The van der Waals surface area contributed by atoms with E-state index in [0.717, 1.165) is 9.79 Å². The molecule has 1 N–H and O–H groups in total. The highest BCUT2D eigenvalue weighted by Gasteiger charge is 2.21. The molecule has 0 fully saturated rings. The number of hydrogen-bond acceptors (Lipinski definition) is 5. The molecule has 0 spiro atoms. The summed E-state index contributed by atoms with van der Waals surface area (Å²) in [5, 5.41) is 2.97. The first-order valence-electron chi connectivity index (χ1n) is 10.5. The van der Waals surface area contributed by atoms with Gasteiger partial charge in [-0.2, -0.15) is 0 Å². The van der Waals surface area contributed by atoms with Crippen LogP contribution < -0.4 is 5.56 Å². The van der Waals surface area contributed by atoms with Gasteiger partial charge in [0.1, 0.15) is 5.82 Å². The fourth-order valence-electron chi connectivity index (χ4n) is 3.46. The lowest BCUT2D eigenvalue weighted by Gasteiger charge is -2.07. The first-order valence-corrected chi connectivity index (χ1v) is 11.3. The van der Waals surface area contributed by atoms with Gasteiger partial charge in [-0.05, 0) is 55.5 Å². The van der Waals surface area contributed by atoms with Crippen molar-refractivity contribution < 1.29 is 13.9 Å². The molecule has 0 aliphatic carbocycles. The van der Waals surface area contributed by atoms with Crippen molar-refractivity contribution in [3.05, 3.63) is 106 Å². The molecule has 0 saturated carbocycles. The first-order chi connectivity index (χ1) is 16.5. The lowest BCUT2D eigenvalue weighted by Crippen LogP contribution is -2.20. The summed E-state index contributed by atoms with van der Waals surface area (Å²) < 4.78 is 19.5. The lowest BCUT2D eigenvalue weighted by molar-refractivity contribution is -0.139. The molecule has 1 heterocycles. The number of hydrogen-bond donors (Lipinski definition) is 1. The van der Waals surface area contributed by atoms with Gasteiger partial charge in [0.2, 0.25) is 0 Å². The number of ether oxygens (including phenoxy) is 1. The van der Waals surface area contributed by atoms with Gasteiger partial charge in [0.25, 0.3) is 5.56 Å². The zero-order valence-corrected chi connectivity index (χ0v) is 19.4. The number of aliphatic imine (C=N–C) groups is 1. The average Bonchev–Trinajstić information content (AvgIpc) is 3.17. The molecule has 0 aliphatic rings. The summed E-state index contributed by atoms with van der Waals surface area (Å²) in [6, 6.07) is 23.1. The minimum Gasteiger partial charge on any atom is -0.469 e. The van der Waals surface area contributed by atoms with Gasteiger partial charge < -0.3 is 4.74 Å². The molecule has 0 radical (unpaired) electrons. The van der Waals surface area contributed by atoms with E-state index in [1.54, 1.807) is 18.7 Å². The highest BCUT2D eigenvalue weighted by Crippen LogP contribution is 2.35. The number of rotatable bonds is 7. The Labute approximate surface area is 200 Å². The standard InChI is InChI=1S/C26H22FN3O3S/c1-17(28-21-10-6-7-11-23(21)34-20-8-4-3-5-9-20)25-22(16-24(31)33-2)29-30(26(25)32)19-14-12-18(27)13-15-19/h3-15,29H,16H2,1-2H3. The maximum atomic E-state index is 13.4. The van der Waals surface area contributed by atoms with Crippen molar-refractivity contribution in [1.82, 2.24) is 9.78 Å². The van der Waals surface area contributed by atoms with Crippen LogP contribution in [0.1, 0.15) is 18.2 Å². The van der Waals surface area contributed by atoms with Crippen LogP contribution in [0.4, 0.5) is 10.1 Å². The zero-order valence-electron chi connectivity index (χ0n) is 18.6. The van der Waals surface area contributed by atoms with Gasteiger partial charge in [-0.1, -0.05) is 42.1 Å². The molecule has 34 heavy (non-hydrogen) atoms. The van der Waals surface area contributed by atoms with Crippen molar-refractivity contribution in [1.29, 1.82) is 0 Å². The molecular weight excluding hydrogens is 453 g/mol. The number of halogens is 1. The van der Waals surface area contributed by atoms with E-state index in [1.807, 2.05) is 54.6 Å². The quantitative estimate of drug-likeness (QED) is 0.290. The van der Waals surface area contributed by atoms with Gasteiger partial charge in [-0.25, -0.2) is 9.07 Å². The third-order valence-electron chi connectivity index (χ3n) is 5.09. The van der Waals surface area contributed by atoms with Crippen LogP contribution in [0.5, 0.6) is 0 Å². The maximum absolute atomic E-state index is 13.4. The third kappa shape index (κ3) is 5.18. The number of carbonyl (C=O) groups excluding carboxylic acids is 1. The highest BCUT2D eigenvalue weighted by atomic mass is 32.2. The van der Waals surface area contributed by atoms with Gasteiger partial charge in [-0.15, -0.1) is 0 Å². The van der Waals surface area contributed by atoms with Crippen molar-refractivity contribution in [3.8, 4) is 5.69 Å². The maximum Gasteiger partial charge on any atom is 0.311 e. The fourth-order valence-corrected chi connectivity index (χ4v) is 4.37. The summed E-state index contributed by atoms with van der Waals surface area (Å²) in [6.45, 7) is 1.73. The number of H-pyrrole nitrogens is 1. The number of carbonyl (C=O) groups is 1. The Hall–Kier alpha value is -3.91. The third-order valence-corrected chi connectivity index (χ3v) is 6.16. The van der Waals surface area contributed by atoms with E-state index in [1.165, 1.54) is 36.1 Å². The van der Waals surface area contributed by atoms with Gasteiger partial charge in [0, 0.05) is 9.79 Å². The summed E-state index contributed by atoms with van der Waals surface area (Å²) in [6.07, 6.45) is -0.136.